The van der Waals surface area contributed by atoms with Crippen molar-refractivity contribution in [3.8, 4) is 5.88 Å². The fourth-order valence-corrected chi connectivity index (χ4v) is 2.66. The number of pyridine rings is 1. The monoisotopic (exact) mass is 254 g/mol. The number of aromatic nitrogens is 1. The zero-order valence-electron chi connectivity index (χ0n) is 10.2. The highest BCUT2D eigenvalue weighted by molar-refractivity contribution is 6.18. The number of nitrogens with one attached hydrogen (secondary N) is 1. The summed E-state index contributed by atoms with van der Waals surface area (Å²) in [6.45, 7) is 2.59. The van der Waals surface area contributed by atoms with E-state index in [1.54, 1.807) is 0 Å². The first-order valence-corrected chi connectivity index (χ1v) is 6.75. The second kappa shape index (κ2) is 5.58. The number of ether oxygens (including phenoxy) is 1. The molecule has 1 aliphatic rings. The molecule has 0 saturated heterocycles. The van der Waals surface area contributed by atoms with Gasteiger partial charge in [0.25, 0.3) is 0 Å². The van der Waals surface area contributed by atoms with Gasteiger partial charge in [-0.2, -0.15) is 4.98 Å². The summed E-state index contributed by atoms with van der Waals surface area (Å²) in [4.78, 5) is 4.43. The maximum absolute atomic E-state index is 6.09. The zero-order valence-corrected chi connectivity index (χ0v) is 11.0. The van der Waals surface area contributed by atoms with Crippen LogP contribution in [0, 0.1) is 0 Å². The summed E-state index contributed by atoms with van der Waals surface area (Å²) in [5.41, 5.74) is 0.0272. The highest BCUT2D eigenvalue weighted by Gasteiger charge is 2.33. The molecule has 1 heterocycles. The van der Waals surface area contributed by atoms with Gasteiger partial charge in [0, 0.05) is 11.9 Å². The molecular formula is C13H19ClN2O. The predicted octanol–water partition coefficient (Wildman–Crippen LogP) is 3.44. The molecule has 94 valence electrons. The third kappa shape index (κ3) is 3.03. The molecule has 17 heavy (non-hydrogen) atoms. The number of nitrogens with zero attached hydrogens (tertiary/aromatic N) is 1. The second-order valence-electron chi connectivity index (χ2n) is 4.54. The van der Waals surface area contributed by atoms with Crippen LogP contribution < -0.4 is 10.1 Å². The van der Waals surface area contributed by atoms with Crippen molar-refractivity contribution < 1.29 is 4.74 Å². The Labute approximate surface area is 108 Å². The van der Waals surface area contributed by atoms with Crippen LogP contribution in [0.5, 0.6) is 5.88 Å². The van der Waals surface area contributed by atoms with Gasteiger partial charge in [-0.1, -0.05) is 18.9 Å². The first kappa shape index (κ1) is 12.5. The lowest BCUT2D eigenvalue weighted by atomic mass is 10.0. The van der Waals surface area contributed by atoms with E-state index in [2.05, 4.69) is 10.3 Å². The maximum atomic E-state index is 6.09. The Morgan fingerprint density at radius 1 is 1.41 bits per heavy atom. The number of rotatable bonds is 5. The Bertz CT molecular complexity index is 364. The van der Waals surface area contributed by atoms with Gasteiger partial charge in [0.2, 0.25) is 5.88 Å². The molecule has 0 bridgehead atoms. The summed E-state index contributed by atoms with van der Waals surface area (Å²) in [5.74, 6) is 2.16. The fourth-order valence-electron chi connectivity index (χ4n) is 2.33. The number of hydrogen-bond acceptors (Lipinski definition) is 3. The summed E-state index contributed by atoms with van der Waals surface area (Å²) in [5, 5.41) is 3.48. The van der Waals surface area contributed by atoms with E-state index in [0.29, 0.717) is 18.4 Å². The summed E-state index contributed by atoms with van der Waals surface area (Å²) in [6, 6.07) is 5.79. The number of hydrogen-bond donors (Lipinski definition) is 1. The van der Waals surface area contributed by atoms with Gasteiger partial charge in [0.1, 0.15) is 5.82 Å². The Morgan fingerprint density at radius 2 is 2.18 bits per heavy atom. The van der Waals surface area contributed by atoms with Crippen LogP contribution in [0.1, 0.15) is 32.6 Å². The number of alkyl halides is 1. The lowest BCUT2D eigenvalue weighted by Gasteiger charge is -2.28. The standard InChI is InChI=1S/C13H19ClN2O/c1-2-17-12-7-5-6-11(15-12)16-13(10-14)8-3-4-9-13/h5-7H,2-4,8-10H2,1H3,(H,15,16). The normalized spacial score (nSPS) is 18.0. The van der Waals surface area contributed by atoms with E-state index in [0.717, 1.165) is 18.7 Å². The van der Waals surface area contributed by atoms with Crippen LogP contribution in [-0.4, -0.2) is 23.0 Å². The van der Waals surface area contributed by atoms with Crippen molar-refractivity contribution >= 4 is 17.4 Å². The Hall–Kier alpha value is -0.960. The molecular weight excluding hydrogens is 236 g/mol. The van der Waals surface area contributed by atoms with Crippen molar-refractivity contribution in [2.24, 2.45) is 0 Å². The van der Waals surface area contributed by atoms with Gasteiger partial charge in [-0.05, 0) is 25.8 Å². The molecule has 2 rings (SSSR count). The average molecular weight is 255 g/mol. The molecule has 1 aromatic heterocycles. The van der Waals surface area contributed by atoms with Crippen LogP contribution in [0.25, 0.3) is 0 Å². The minimum atomic E-state index is 0.0272. The molecule has 0 aromatic carbocycles. The first-order chi connectivity index (χ1) is 8.28. The lowest BCUT2D eigenvalue weighted by molar-refractivity contribution is 0.327. The van der Waals surface area contributed by atoms with Gasteiger partial charge in [-0.25, -0.2) is 0 Å². The lowest BCUT2D eigenvalue weighted by Crippen LogP contribution is -2.37. The number of anilines is 1. The van der Waals surface area contributed by atoms with Gasteiger partial charge in [0.15, 0.2) is 0 Å². The number of halogens is 1. The Morgan fingerprint density at radius 3 is 2.82 bits per heavy atom. The summed E-state index contributed by atoms with van der Waals surface area (Å²) in [7, 11) is 0. The van der Waals surface area contributed by atoms with E-state index in [1.807, 2.05) is 25.1 Å². The summed E-state index contributed by atoms with van der Waals surface area (Å²) in [6.07, 6.45) is 4.73. The Kier molecular flexibility index (Phi) is 4.11. The van der Waals surface area contributed by atoms with Gasteiger partial charge in [0.05, 0.1) is 12.1 Å². The molecule has 3 nitrogen and oxygen atoms in total. The van der Waals surface area contributed by atoms with E-state index in [4.69, 9.17) is 16.3 Å². The van der Waals surface area contributed by atoms with Crippen molar-refractivity contribution in [2.45, 2.75) is 38.1 Å². The quantitative estimate of drug-likeness (QED) is 0.818. The topological polar surface area (TPSA) is 34.1 Å². The van der Waals surface area contributed by atoms with Crippen molar-refractivity contribution in [1.29, 1.82) is 0 Å². The molecule has 0 aliphatic heterocycles. The van der Waals surface area contributed by atoms with Crippen molar-refractivity contribution in [2.75, 3.05) is 17.8 Å². The second-order valence-corrected chi connectivity index (χ2v) is 4.81. The van der Waals surface area contributed by atoms with Crippen LogP contribution in [0.4, 0.5) is 5.82 Å². The van der Waals surface area contributed by atoms with E-state index >= 15 is 0 Å². The van der Waals surface area contributed by atoms with E-state index in [9.17, 15) is 0 Å². The molecule has 4 heteroatoms. The first-order valence-electron chi connectivity index (χ1n) is 6.22. The summed E-state index contributed by atoms with van der Waals surface area (Å²) >= 11 is 6.09. The van der Waals surface area contributed by atoms with E-state index in [1.165, 1.54) is 12.8 Å². The van der Waals surface area contributed by atoms with Crippen molar-refractivity contribution in [3.63, 3.8) is 0 Å². The largest absolute Gasteiger partial charge is 0.478 e. The fraction of sp³-hybridized carbons (Fsp3) is 0.615. The molecule has 1 N–H and O–H groups in total. The molecule has 0 radical (unpaired) electrons. The SMILES string of the molecule is CCOc1cccc(NC2(CCl)CCCC2)n1. The minimum Gasteiger partial charge on any atom is -0.478 e. The highest BCUT2D eigenvalue weighted by Crippen LogP contribution is 2.33. The molecule has 0 spiro atoms. The molecule has 0 amide bonds. The van der Waals surface area contributed by atoms with Crippen LogP contribution in [0.15, 0.2) is 18.2 Å². The van der Waals surface area contributed by atoms with Gasteiger partial charge in [-0.15, -0.1) is 11.6 Å². The molecule has 1 saturated carbocycles. The van der Waals surface area contributed by atoms with Gasteiger partial charge in [-0.3, -0.25) is 0 Å². The maximum Gasteiger partial charge on any atom is 0.215 e. The van der Waals surface area contributed by atoms with Crippen LogP contribution >= 0.6 is 11.6 Å². The molecule has 1 fully saturated rings. The van der Waals surface area contributed by atoms with Crippen molar-refractivity contribution in [3.05, 3.63) is 18.2 Å². The van der Waals surface area contributed by atoms with Crippen molar-refractivity contribution in [1.82, 2.24) is 4.98 Å². The Balaban J connectivity index is 2.09. The molecule has 0 atom stereocenters. The van der Waals surface area contributed by atoms with Crippen LogP contribution in [0.2, 0.25) is 0 Å². The van der Waals surface area contributed by atoms with E-state index < -0.39 is 0 Å². The highest BCUT2D eigenvalue weighted by atomic mass is 35.5. The van der Waals surface area contributed by atoms with Gasteiger partial charge < -0.3 is 10.1 Å². The summed E-state index contributed by atoms with van der Waals surface area (Å²) < 4.78 is 5.39. The van der Waals surface area contributed by atoms with E-state index in [-0.39, 0.29) is 5.54 Å². The smallest absolute Gasteiger partial charge is 0.215 e. The minimum absolute atomic E-state index is 0.0272. The average Bonchev–Trinajstić information content (AvgIpc) is 2.79. The van der Waals surface area contributed by atoms with Crippen LogP contribution in [-0.2, 0) is 0 Å². The molecule has 1 aliphatic carbocycles. The third-order valence-corrected chi connectivity index (χ3v) is 3.74. The molecule has 0 unspecified atom stereocenters. The van der Waals surface area contributed by atoms with Crippen LogP contribution in [0.3, 0.4) is 0 Å². The molecule has 1 aromatic rings. The third-order valence-electron chi connectivity index (χ3n) is 3.23. The zero-order chi connectivity index (χ0) is 12.1. The van der Waals surface area contributed by atoms with Gasteiger partial charge >= 0.3 is 0 Å². The predicted molar refractivity (Wildman–Crippen MR) is 70.9 cm³/mol.